The average molecular weight is 795 g/mol. The van der Waals surface area contributed by atoms with Gasteiger partial charge in [0, 0.05) is 97.9 Å². The van der Waals surface area contributed by atoms with Crippen LogP contribution in [0.4, 0.5) is 28.4 Å². The molecule has 2 aromatic heterocycles. The predicted octanol–water partition coefficient (Wildman–Crippen LogP) is 9.94. The van der Waals surface area contributed by atoms with E-state index in [4.69, 9.17) is 14.2 Å². The van der Waals surface area contributed by atoms with Crippen LogP contribution in [0.3, 0.4) is 0 Å². The highest BCUT2D eigenvalue weighted by atomic mass is 79.9. The Labute approximate surface area is 315 Å². The first-order valence-electron chi connectivity index (χ1n) is 16.1. The fraction of sp³-hybridized carbons (Fsp3) is 0.100. The molecule has 0 aliphatic carbocycles. The topological polar surface area (TPSA) is 147 Å². The van der Waals surface area contributed by atoms with E-state index in [0.29, 0.717) is 33.5 Å². The van der Waals surface area contributed by atoms with Crippen LogP contribution in [0.25, 0.3) is 21.8 Å². The van der Waals surface area contributed by atoms with Gasteiger partial charge in [-0.1, -0.05) is 15.9 Å². The van der Waals surface area contributed by atoms with Crippen LogP contribution < -0.4 is 24.8 Å². The van der Waals surface area contributed by atoms with Crippen LogP contribution in [0.5, 0.6) is 28.7 Å². The summed E-state index contributed by atoms with van der Waals surface area (Å²) in [7, 11) is 2.03. The van der Waals surface area contributed by atoms with Crippen LogP contribution in [0, 0.1) is 0 Å². The number of methoxy groups -OCH3 is 3. The van der Waals surface area contributed by atoms with Gasteiger partial charge in [-0.3, -0.25) is 9.97 Å². The zero-order chi connectivity index (χ0) is 37.5. The molecule has 270 valence electrons. The number of phenols is 2. The molecule has 0 amide bonds. The van der Waals surface area contributed by atoms with E-state index >= 15 is 0 Å². The van der Waals surface area contributed by atoms with Crippen LogP contribution in [0.2, 0.25) is 0 Å². The summed E-state index contributed by atoms with van der Waals surface area (Å²) in [6, 6.07) is 32.1. The van der Waals surface area contributed by atoms with Crippen molar-refractivity contribution in [1.29, 1.82) is 0 Å². The third kappa shape index (κ3) is 9.07. The Morgan fingerprint density at radius 2 is 1.13 bits per heavy atom. The van der Waals surface area contributed by atoms with Crippen molar-refractivity contribution in [2.24, 2.45) is 4.36 Å². The Hall–Kier alpha value is -6.05. The highest BCUT2D eigenvalue weighted by molar-refractivity contribution is 9.10. The maximum atomic E-state index is 13.3. The normalized spacial score (nSPS) is 11.9. The van der Waals surface area contributed by atoms with Gasteiger partial charge in [-0.15, -0.1) is 0 Å². The summed E-state index contributed by atoms with van der Waals surface area (Å²) in [6.45, 7) is 0. The number of hydrogen-bond acceptors (Lipinski definition) is 11. The number of benzene rings is 5. The largest absolute Gasteiger partial charge is 0.508 e. The van der Waals surface area contributed by atoms with Gasteiger partial charge in [-0.25, -0.2) is 4.21 Å². The highest BCUT2D eigenvalue weighted by Crippen LogP contribution is 2.34. The maximum Gasteiger partial charge on any atom is 0.124 e. The van der Waals surface area contributed by atoms with Crippen LogP contribution in [-0.4, -0.2) is 52.0 Å². The van der Waals surface area contributed by atoms with Crippen molar-refractivity contribution < 1.29 is 28.6 Å². The molecule has 1 atom stereocenters. The highest BCUT2D eigenvalue weighted by Gasteiger charge is 2.10. The third-order valence-corrected chi connectivity index (χ3v) is 10.2. The van der Waals surface area contributed by atoms with E-state index in [1.807, 2.05) is 48.5 Å². The van der Waals surface area contributed by atoms with Crippen LogP contribution in [0.1, 0.15) is 0 Å². The van der Waals surface area contributed by atoms with Crippen molar-refractivity contribution in [2.45, 2.75) is 4.90 Å². The van der Waals surface area contributed by atoms with Crippen LogP contribution >= 0.6 is 15.9 Å². The molecule has 53 heavy (non-hydrogen) atoms. The zero-order valence-corrected chi connectivity index (χ0v) is 31.6. The lowest BCUT2D eigenvalue weighted by molar-refractivity contribution is 0.407. The first-order valence-corrected chi connectivity index (χ1v) is 18.8. The Morgan fingerprint density at radius 3 is 1.66 bits per heavy atom. The molecule has 1 unspecified atom stereocenters. The first-order chi connectivity index (χ1) is 25.5. The summed E-state index contributed by atoms with van der Waals surface area (Å²) in [5.74, 6) is 2.06. The summed E-state index contributed by atoms with van der Waals surface area (Å²) in [6.07, 6.45) is 5.06. The second-order valence-electron chi connectivity index (χ2n) is 11.7. The van der Waals surface area contributed by atoms with E-state index in [1.54, 1.807) is 94.6 Å². The smallest absolute Gasteiger partial charge is 0.124 e. The molecule has 0 spiro atoms. The van der Waals surface area contributed by atoms with Gasteiger partial charge in [0.25, 0.3) is 0 Å². The molecule has 0 radical (unpaired) electrons. The number of halogens is 1. The van der Waals surface area contributed by atoms with Crippen molar-refractivity contribution in [3.05, 3.63) is 126 Å². The number of phenolic OH excluding ortho intramolecular Hbond substituents is 2. The number of ether oxygens (including phenoxy) is 3. The lowest BCUT2D eigenvalue weighted by Gasteiger charge is -2.12. The average Bonchev–Trinajstić information content (AvgIpc) is 3.15. The quantitative estimate of drug-likeness (QED) is 0.111. The first kappa shape index (κ1) is 36.7. The fourth-order valence-corrected chi connectivity index (χ4v) is 7.09. The summed E-state index contributed by atoms with van der Waals surface area (Å²) < 4.78 is 34.4. The minimum Gasteiger partial charge on any atom is -0.508 e. The van der Waals surface area contributed by atoms with E-state index in [1.165, 1.54) is 6.07 Å². The van der Waals surface area contributed by atoms with Gasteiger partial charge in [-0.05, 0) is 72.8 Å². The summed E-state index contributed by atoms with van der Waals surface area (Å²) >= 11 is 3.47. The number of pyridine rings is 2. The molecule has 4 N–H and O–H groups in total. The van der Waals surface area contributed by atoms with Crippen molar-refractivity contribution in [1.82, 2.24) is 9.97 Å². The zero-order valence-electron chi connectivity index (χ0n) is 29.2. The standard InChI is InChI=1S/C24H23N3O4S.C16H13BrN2O2/c1-30-19-5-7-21(8-6-19)32(3,29)27-16-4-9-23-22(14-16)24(10-11-25-23)26-17-12-18(28)15-20(13-17)31-2;1-21-13-8-11(7-12(20)9-13)19-16-4-5-18-15-3-2-10(17)6-14(15)16/h4-15,28H,1-3H3,(H,25,26);2-9,20H,1H3,(H,18,19). The van der Waals surface area contributed by atoms with E-state index in [9.17, 15) is 14.4 Å². The number of nitrogens with zero attached hydrogens (tertiary/aromatic N) is 3. The van der Waals surface area contributed by atoms with Crippen molar-refractivity contribution in [3.8, 4) is 28.7 Å². The molecule has 2 heterocycles. The fourth-order valence-electron chi connectivity index (χ4n) is 5.47. The number of aromatic hydroxyl groups is 2. The number of fused-ring (bicyclic) bond motifs is 2. The maximum absolute atomic E-state index is 13.3. The number of hydrogen-bond donors (Lipinski definition) is 4. The molecule has 0 saturated carbocycles. The van der Waals surface area contributed by atoms with Gasteiger partial charge < -0.3 is 35.1 Å². The molecule has 0 fully saturated rings. The van der Waals surface area contributed by atoms with E-state index in [0.717, 1.165) is 43.3 Å². The van der Waals surface area contributed by atoms with Gasteiger partial charge in [0.1, 0.15) is 28.7 Å². The SMILES string of the molecule is COc1cc(O)cc(Nc2ccnc3ccc(Br)cc23)c1.COc1ccc(S(C)(=O)=Nc2ccc3nccc(Nc4cc(O)cc(OC)c4)c3c2)cc1. The molecule has 13 heteroatoms. The summed E-state index contributed by atoms with van der Waals surface area (Å²) in [5.41, 5.74) is 5.32. The lowest BCUT2D eigenvalue weighted by atomic mass is 10.1. The van der Waals surface area contributed by atoms with Gasteiger partial charge in [-0.2, -0.15) is 4.36 Å². The van der Waals surface area contributed by atoms with Gasteiger partial charge >= 0.3 is 0 Å². The van der Waals surface area contributed by atoms with Crippen LogP contribution in [-0.2, 0) is 9.73 Å². The minimum absolute atomic E-state index is 0.0890. The van der Waals surface area contributed by atoms with Crippen molar-refractivity contribution in [3.63, 3.8) is 0 Å². The van der Waals surface area contributed by atoms with Crippen molar-refractivity contribution >= 4 is 75.9 Å². The molecule has 0 aliphatic heterocycles. The summed E-state index contributed by atoms with van der Waals surface area (Å²) in [5, 5.41) is 28.0. The number of rotatable bonds is 9. The Morgan fingerprint density at radius 1 is 0.623 bits per heavy atom. The Kier molecular flexibility index (Phi) is 11.2. The van der Waals surface area contributed by atoms with Crippen molar-refractivity contribution in [2.75, 3.05) is 38.2 Å². The molecule has 0 aliphatic rings. The van der Waals surface area contributed by atoms with E-state index in [-0.39, 0.29) is 11.5 Å². The van der Waals surface area contributed by atoms with Gasteiger partial charge in [0.2, 0.25) is 0 Å². The Bertz CT molecular complexity index is 2540. The number of aromatic nitrogens is 2. The molecular weight excluding hydrogens is 758 g/mol. The second-order valence-corrected chi connectivity index (χ2v) is 14.9. The Balaban J connectivity index is 0.000000198. The third-order valence-electron chi connectivity index (χ3n) is 8.02. The molecular formula is C40H36BrN5O6S. The molecule has 0 bridgehead atoms. The second kappa shape index (κ2) is 16.1. The minimum atomic E-state index is -2.66. The predicted molar refractivity (Wildman–Crippen MR) is 214 cm³/mol. The molecule has 0 saturated heterocycles. The van der Waals surface area contributed by atoms with E-state index < -0.39 is 9.73 Å². The number of nitrogens with one attached hydrogen (secondary N) is 2. The molecule has 7 rings (SSSR count). The van der Waals surface area contributed by atoms with Gasteiger partial charge in [0.05, 0.1) is 47.8 Å². The van der Waals surface area contributed by atoms with E-state index in [2.05, 4.69) is 40.9 Å². The van der Waals surface area contributed by atoms with Crippen LogP contribution in [0.15, 0.2) is 135 Å². The monoisotopic (exact) mass is 793 g/mol. The number of anilines is 4. The molecule has 5 aromatic carbocycles. The molecule has 11 nitrogen and oxygen atoms in total. The lowest BCUT2D eigenvalue weighted by Crippen LogP contribution is -1.97. The van der Waals surface area contributed by atoms with Gasteiger partial charge in [0.15, 0.2) is 0 Å². The molecule has 7 aromatic rings. The summed E-state index contributed by atoms with van der Waals surface area (Å²) in [4.78, 5) is 9.37.